The van der Waals surface area contributed by atoms with E-state index in [2.05, 4.69) is 4.74 Å². The van der Waals surface area contributed by atoms with E-state index in [9.17, 15) is 9.59 Å². The van der Waals surface area contributed by atoms with E-state index < -0.39 is 17.5 Å². The summed E-state index contributed by atoms with van der Waals surface area (Å²) in [4.78, 5) is 22.3. The van der Waals surface area contributed by atoms with E-state index in [1.807, 2.05) is 0 Å². The number of rotatable bonds is 2. The lowest BCUT2D eigenvalue weighted by Crippen LogP contribution is -2.28. The van der Waals surface area contributed by atoms with Crippen molar-refractivity contribution in [1.29, 1.82) is 0 Å². The summed E-state index contributed by atoms with van der Waals surface area (Å²) >= 11 is 0. The summed E-state index contributed by atoms with van der Waals surface area (Å²) in [7, 11) is 1.16. The molecule has 0 bridgehead atoms. The normalized spacial score (nSPS) is 12.1. The number of carbonyl (C=O) groups is 2. The van der Waals surface area contributed by atoms with Crippen LogP contribution in [0.5, 0.6) is 0 Å². The van der Waals surface area contributed by atoms with Crippen LogP contribution in [0.1, 0.15) is 20.8 Å². The largest absolute Gasteiger partial charge is 0.465 e. The lowest BCUT2D eigenvalue weighted by molar-refractivity contribution is -0.153. The van der Waals surface area contributed by atoms with Gasteiger partial charge in [0.1, 0.15) is 5.60 Å². The zero-order valence-corrected chi connectivity index (χ0v) is 8.79. The predicted molar refractivity (Wildman–Crippen MR) is 50.1 cm³/mol. The molecule has 0 aromatic rings. The van der Waals surface area contributed by atoms with Gasteiger partial charge in [0.15, 0.2) is 5.57 Å². The summed E-state index contributed by atoms with van der Waals surface area (Å²) in [6, 6.07) is 0. The molecule has 0 rings (SSSR count). The van der Waals surface area contributed by atoms with Crippen molar-refractivity contribution in [3.8, 4) is 0 Å². The Labute approximate surface area is 82.9 Å². The first-order valence-electron chi connectivity index (χ1n) is 4.05. The number of nitrogens with two attached hydrogens (primary N) is 1. The van der Waals surface area contributed by atoms with Crippen LogP contribution in [-0.2, 0) is 19.1 Å². The van der Waals surface area contributed by atoms with Gasteiger partial charge in [-0.1, -0.05) is 0 Å². The SMILES string of the molecule is COC(=O)C(=CN)C(=O)OC(C)(C)C. The van der Waals surface area contributed by atoms with Gasteiger partial charge >= 0.3 is 11.9 Å². The van der Waals surface area contributed by atoms with Crippen LogP contribution < -0.4 is 5.73 Å². The number of methoxy groups -OCH3 is 1. The van der Waals surface area contributed by atoms with Crippen LogP contribution in [0.4, 0.5) is 0 Å². The zero-order valence-electron chi connectivity index (χ0n) is 8.79. The fourth-order valence-electron chi connectivity index (χ4n) is 0.662. The third kappa shape index (κ3) is 3.93. The molecule has 5 heteroatoms. The minimum absolute atomic E-state index is 0.303. The molecule has 0 aliphatic rings. The minimum Gasteiger partial charge on any atom is -0.465 e. The zero-order chi connectivity index (χ0) is 11.4. The first-order chi connectivity index (χ1) is 6.31. The van der Waals surface area contributed by atoms with Crippen LogP contribution >= 0.6 is 0 Å². The first-order valence-corrected chi connectivity index (χ1v) is 4.05. The predicted octanol–water partition coefficient (Wildman–Crippen LogP) is 0.344. The minimum atomic E-state index is -0.804. The van der Waals surface area contributed by atoms with Crippen LogP contribution in [0.3, 0.4) is 0 Å². The number of hydrogen-bond acceptors (Lipinski definition) is 5. The van der Waals surface area contributed by atoms with Gasteiger partial charge in [-0.3, -0.25) is 0 Å². The van der Waals surface area contributed by atoms with E-state index in [1.165, 1.54) is 0 Å². The fraction of sp³-hybridized carbons (Fsp3) is 0.556. The van der Waals surface area contributed by atoms with Crippen molar-refractivity contribution in [2.75, 3.05) is 7.11 Å². The molecule has 0 spiro atoms. The van der Waals surface area contributed by atoms with Gasteiger partial charge in [0.05, 0.1) is 7.11 Å². The molecular formula is C9H15NO4. The lowest BCUT2D eigenvalue weighted by Gasteiger charge is -2.19. The van der Waals surface area contributed by atoms with E-state index in [4.69, 9.17) is 10.5 Å². The quantitative estimate of drug-likeness (QED) is 0.302. The molecule has 0 aliphatic carbocycles. The maximum atomic E-state index is 11.3. The Hall–Kier alpha value is -1.52. The van der Waals surface area contributed by atoms with E-state index in [1.54, 1.807) is 20.8 Å². The van der Waals surface area contributed by atoms with E-state index in [0.29, 0.717) is 0 Å². The Kier molecular flexibility index (Phi) is 4.14. The molecule has 0 heterocycles. The highest BCUT2D eigenvalue weighted by molar-refractivity contribution is 6.13. The summed E-state index contributed by atoms with van der Waals surface area (Å²) in [5.74, 6) is -1.59. The molecule has 0 aromatic heterocycles. The molecule has 0 saturated heterocycles. The van der Waals surface area contributed by atoms with Crippen LogP contribution in [0.25, 0.3) is 0 Å². The molecule has 14 heavy (non-hydrogen) atoms. The molecule has 0 unspecified atom stereocenters. The van der Waals surface area contributed by atoms with Crippen molar-refractivity contribution in [3.63, 3.8) is 0 Å². The van der Waals surface area contributed by atoms with Gasteiger partial charge in [-0.2, -0.15) is 0 Å². The van der Waals surface area contributed by atoms with Gasteiger partial charge in [-0.25, -0.2) is 9.59 Å². The molecule has 0 atom stereocenters. The Morgan fingerprint density at radius 3 is 2.00 bits per heavy atom. The lowest BCUT2D eigenvalue weighted by atomic mass is 10.2. The van der Waals surface area contributed by atoms with Crippen LogP contribution in [0.15, 0.2) is 11.8 Å². The molecule has 0 aliphatic heterocycles. The van der Waals surface area contributed by atoms with Crippen molar-refractivity contribution >= 4 is 11.9 Å². The van der Waals surface area contributed by atoms with Crippen molar-refractivity contribution in [3.05, 3.63) is 11.8 Å². The Balaban J connectivity index is 4.59. The highest BCUT2D eigenvalue weighted by atomic mass is 16.6. The average molecular weight is 201 g/mol. The van der Waals surface area contributed by atoms with Crippen molar-refractivity contribution in [2.45, 2.75) is 26.4 Å². The number of carbonyl (C=O) groups excluding carboxylic acids is 2. The number of hydrogen-bond donors (Lipinski definition) is 1. The third-order valence-corrected chi connectivity index (χ3v) is 1.19. The van der Waals surface area contributed by atoms with Gasteiger partial charge in [0, 0.05) is 6.20 Å². The summed E-state index contributed by atoms with van der Waals surface area (Å²) in [5, 5.41) is 0. The van der Waals surface area contributed by atoms with E-state index >= 15 is 0 Å². The maximum Gasteiger partial charge on any atom is 0.347 e. The Morgan fingerprint density at radius 2 is 1.71 bits per heavy atom. The number of ether oxygens (including phenoxy) is 2. The highest BCUT2D eigenvalue weighted by Crippen LogP contribution is 2.11. The van der Waals surface area contributed by atoms with Gasteiger partial charge in [0.25, 0.3) is 0 Å². The van der Waals surface area contributed by atoms with Crippen LogP contribution in [-0.4, -0.2) is 24.6 Å². The van der Waals surface area contributed by atoms with Crippen molar-refractivity contribution in [1.82, 2.24) is 0 Å². The standard InChI is InChI=1S/C9H15NO4/c1-9(2,3)14-8(12)6(5-10)7(11)13-4/h5H,10H2,1-4H3. The number of esters is 2. The Bertz CT molecular complexity index is 262. The Morgan fingerprint density at radius 1 is 1.21 bits per heavy atom. The average Bonchev–Trinajstić information content (AvgIpc) is 2.01. The second kappa shape index (κ2) is 4.64. The van der Waals surface area contributed by atoms with E-state index in [-0.39, 0.29) is 5.57 Å². The maximum absolute atomic E-state index is 11.3. The monoisotopic (exact) mass is 201 g/mol. The summed E-state index contributed by atoms with van der Waals surface area (Å²) < 4.78 is 9.28. The third-order valence-electron chi connectivity index (χ3n) is 1.19. The second-order valence-corrected chi connectivity index (χ2v) is 3.57. The molecule has 0 radical (unpaired) electrons. The first kappa shape index (κ1) is 12.5. The van der Waals surface area contributed by atoms with Crippen molar-refractivity contribution in [2.24, 2.45) is 5.73 Å². The van der Waals surface area contributed by atoms with E-state index in [0.717, 1.165) is 13.3 Å². The molecule has 0 aromatic carbocycles. The molecule has 0 amide bonds. The molecule has 0 saturated carbocycles. The van der Waals surface area contributed by atoms with Gasteiger partial charge in [-0.15, -0.1) is 0 Å². The van der Waals surface area contributed by atoms with Crippen molar-refractivity contribution < 1.29 is 19.1 Å². The van der Waals surface area contributed by atoms with Gasteiger partial charge in [-0.05, 0) is 20.8 Å². The van der Waals surface area contributed by atoms with Crippen LogP contribution in [0, 0.1) is 0 Å². The summed E-state index contributed by atoms with van der Waals surface area (Å²) in [5.41, 5.74) is 4.13. The second-order valence-electron chi connectivity index (χ2n) is 3.57. The summed E-state index contributed by atoms with van der Waals surface area (Å²) in [6.07, 6.45) is 0.875. The topological polar surface area (TPSA) is 78.6 Å². The smallest absolute Gasteiger partial charge is 0.347 e. The van der Waals surface area contributed by atoms with Gasteiger partial charge < -0.3 is 15.2 Å². The molecule has 80 valence electrons. The highest BCUT2D eigenvalue weighted by Gasteiger charge is 2.24. The van der Waals surface area contributed by atoms with Crippen LogP contribution in [0.2, 0.25) is 0 Å². The molecule has 5 nitrogen and oxygen atoms in total. The fourth-order valence-corrected chi connectivity index (χ4v) is 0.662. The molecule has 0 fully saturated rings. The van der Waals surface area contributed by atoms with Gasteiger partial charge in [0.2, 0.25) is 0 Å². The summed E-state index contributed by atoms with van der Waals surface area (Å²) in [6.45, 7) is 5.07. The molecular weight excluding hydrogens is 186 g/mol. The molecule has 2 N–H and O–H groups in total.